The van der Waals surface area contributed by atoms with Gasteiger partial charge in [-0.1, -0.05) is 44.2 Å². The molecule has 2 rings (SSSR count). The molecule has 1 aromatic carbocycles. The van der Waals surface area contributed by atoms with E-state index in [1.54, 1.807) is 14.2 Å². The molecule has 160 valence electrons. The fraction of sp³-hybridized carbons (Fsp3) is 0.714. The molecule has 0 saturated carbocycles. The maximum atomic E-state index is 10.0. The molecule has 0 unspecified atom stereocenters. The highest BCUT2D eigenvalue weighted by Gasteiger charge is 2.52. The van der Waals surface area contributed by atoms with Gasteiger partial charge in [0, 0.05) is 26.6 Å². The van der Waals surface area contributed by atoms with Gasteiger partial charge in [-0.2, -0.15) is 0 Å². The van der Waals surface area contributed by atoms with Crippen LogP contribution in [0.15, 0.2) is 30.3 Å². The summed E-state index contributed by atoms with van der Waals surface area (Å²) in [5.41, 5.74) is 1.07. The predicted octanol–water partition coefficient (Wildman–Crippen LogP) is 1.95. The van der Waals surface area contributed by atoms with E-state index in [1.807, 2.05) is 37.3 Å². The molecule has 1 aliphatic heterocycles. The van der Waals surface area contributed by atoms with E-state index in [1.165, 1.54) is 0 Å². The van der Waals surface area contributed by atoms with Gasteiger partial charge < -0.3 is 33.9 Å². The Labute approximate surface area is 167 Å². The van der Waals surface area contributed by atoms with E-state index in [0.717, 1.165) is 5.56 Å². The average molecular weight is 398 g/mol. The van der Waals surface area contributed by atoms with E-state index in [2.05, 4.69) is 6.92 Å². The molecule has 7 heteroatoms. The molecule has 6 atom stereocenters. The van der Waals surface area contributed by atoms with Crippen molar-refractivity contribution in [1.82, 2.24) is 0 Å². The first-order valence-electron chi connectivity index (χ1n) is 9.71. The summed E-state index contributed by atoms with van der Waals surface area (Å²) >= 11 is 0. The molecule has 0 spiro atoms. The minimum atomic E-state index is -1.03. The molecule has 1 heterocycles. The second-order valence-electron chi connectivity index (χ2n) is 7.40. The van der Waals surface area contributed by atoms with E-state index in [4.69, 9.17) is 23.7 Å². The smallest absolute Gasteiger partial charge is 0.173 e. The maximum Gasteiger partial charge on any atom is 0.173 e. The van der Waals surface area contributed by atoms with E-state index in [0.29, 0.717) is 13.2 Å². The van der Waals surface area contributed by atoms with Gasteiger partial charge in [-0.05, 0) is 11.5 Å². The SMILES string of the molecule is COCO[C@@H]1[C@@H](C)[C@H](C)[C@](C[C@H](O)CO)(OC)O[C@H]1COCc1ccccc1. The largest absolute Gasteiger partial charge is 0.394 e. The molecule has 0 aromatic heterocycles. The van der Waals surface area contributed by atoms with Crippen molar-refractivity contribution in [3.05, 3.63) is 35.9 Å². The van der Waals surface area contributed by atoms with Crippen LogP contribution in [0.5, 0.6) is 0 Å². The maximum absolute atomic E-state index is 10.0. The zero-order chi connectivity index (χ0) is 20.6. The first-order valence-corrected chi connectivity index (χ1v) is 9.71. The molecule has 1 fully saturated rings. The lowest BCUT2D eigenvalue weighted by atomic mass is 9.77. The number of benzene rings is 1. The van der Waals surface area contributed by atoms with Crippen molar-refractivity contribution in [3.63, 3.8) is 0 Å². The quantitative estimate of drug-likeness (QED) is 0.551. The normalized spacial score (nSPS) is 31.6. The van der Waals surface area contributed by atoms with Gasteiger partial charge >= 0.3 is 0 Å². The van der Waals surface area contributed by atoms with Crippen molar-refractivity contribution in [2.24, 2.45) is 11.8 Å². The number of methoxy groups -OCH3 is 2. The Bertz CT molecular complexity index is 555. The summed E-state index contributed by atoms with van der Waals surface area (Å²) in [4.78, 5) is 0. The number of ether oxygens (including phenoxy) is 5. The zero-order valence-corrected chi connectivity index (χ0v) is 17.2. The van der Waals surface area contributed by atoms with Crippen LogP contribution in [0.1, 0.15) is 25.8 Å². The third kappa shape index (κ3) is 5.73. The highest BCUT2D eigenvalue weighted by atomic mass is 16.7. The van der Waals surface area contributed by atoms with Gasteiger partial charge in [0.05, 0.1) is 32.0 Å². The van der Waals surface area contributed by atoms with Crippen molar-refractivity contribution in [1.29, 1.82) is 0 Å². The summed E-state index contributed by atoms with van der Waals surface area (Å²) in [5, 5.41) is 19.3. The summed E-state index contributed by atoms with van der Waals surface area (Å²) in [6, 6.07) is 9.90. The second-order valence-corrected chi connectivity index (χ2v) is 7.40. The second kappa shape index (κ2) is 11.2. The first-order chi connectivity index (χ1) is 13.5. The van der Waals surface area contributed by atoms with Gasteiger partial charge in [0.1, 0.15) is 12.9 Å². The van der Waals surface area contributed by atoms with Gasteiger partial charge in [-0.25, -0.2) is 0 Å². The fourth-order valence-corrected chi connectivity index (χ4v) is 3.80. The first kappa shape index (κ1) is 23.2. The lowest BCUT2D eigenvalue weighted by Gasteiger charge is -2.51. The van der Waals surface area contributed by atoms with Gasteiger partial charge in [-0.15, -0.1) is 0 Å². The molecule has 1 saturated heterocycles. The molecular weight excluding hydrogens is 364 g/mol. The van der Waals surface area contributed by atoms with Crippen molar-refractivity contribution in [3.8, 4) is 0 Å². The third-order valence-corrected chi connectivity index (χ3v) is 5.57. The lowest BCUT2D eigenvalue weighted by molar-refractivity contribution is -0.350. The van der Waals surface area contributed by atoms with E-state index in [-0.39, 0.29) is 37.8 Å². The fourth-order valence-electron chi connectivity index (χ4n) is 3.80. The number of aliphatic hydroxyl groups is 2. The monoisotopic (exact) mass is 398 g/mol. The summed E-state index contributed by atoms with van der Waals surface area (Å²) in [5.74, 6) is -1.05. The number of aliphatic hydroxyl groups excluding tert-OH is 2. The van der Waals surface area contributed by atoms with E-state index < -0.39 is 18.0 Å². The molecule has 7 nitrogen and oxygen atoms in total. The Morgan fingerprint density at radius 3 is 2.50 bits per heavy atom. The molecule has 28 heavy (non-hydrogen) atoms. The van der Waals surface area contributed by atoms with Crippen molar-refractivity contribution < 1.29 is 33.9 Å². The molecule has 2 N–H and O–H groups in total. The highest BCUT2D eigenvalue weighted by Crippen LogP contribution is 2.43. The Balaban J connectivity index is 2.13. The zero-order valence-electron chi connectivity index (χ0n) is 17.2. The molecular formula is C21H34O7. The highest BCUT2D eigenvalue weighted by molar-refractivity contribution is 5.13. The number of hydrogen-bond donors (Lipinski definition) is 2. The van der Waals surface area contributed by atoms with Gasteiger partial charge in [0.25, 0.3) is 0 Å². The van der Waals surface area contributed by atoms with Gasteiger partial charge in [0.2, 0.25) is 0 Å². The van der Waals surface area contributed by atoms with Crippen LogP contribution in [0, 0.1) is 11.8 Å². The van der Waals surface area contributed by atoms with Crippen LogP contribution in [-0.2, 0) is 30.3 Å². The minimum absolute atomic E-state index is 0.0556. The lowest BCUT2D eigenvalue weighted by Crippen LogP contribution is -2.60. The standard InChI is InChI=1S/C21H34O7/c1-15-16(2)21(25-4,10-18(23)11-22)28-19(20(15)27-14-24-3)13-26-12-17-8-6-5-7-9-17/h5-9,15-16,18-20,22-23H,10-14H2,1-4H3/t15-,16-,18-,19-,20+,21+/m0/s1. The number of rotatable bonds is 11. The summed E-state index contributed by atoms with van der Waals surface area (Å²) in [6.07, 6.45) is -1.43. The Hall–Kier alpha value is -1.06. The minimum Gasteiger partial charge on any atom is -0.394 e. The molecule has 0 amide bonds. The van der Waals surface area contributed by atoms with Crippen molar-refractivity contribution in [2.75, 3.05) is 34.2 Å². The molecule has 0 radical (unpaired) electrons. The van der Waals surface area contributed by atoms with Crippen molar-refractivity contribution in [2.45, 2.75) is 51.0 Å². The summed E-state index contributed by atoms with van der Waals surface area (Å²) in [6.45, 7) is 4.63. The Morgan fingerprint density at radius 2 is 1.89 bits per heavy atom. The number of hydrogen-bond acceptors (Lipinski definition) is 7. The summed E-state index contributed by atoms with van der Waals surface area (Å²) in [7, 11) is 3.14. The van der Waals surface area contributed by atoms with E-state index in [9.17, 15) is 10.2 Å². The van der Waals surface area contributed by atoms with Crippen LogP contribution in [0.3, 0.4) is 0 Å². The van der Waals surface area contributed by atoms with Crippen molar-refractivity contribution >= 4 is 0 Å². The molecule has 0 bridgehead atoms. The topological polar surface area (TPSA) is 86.6 Å². The third-order valence-electron chi connectivity index (χ3n) is 5.57. The van der Waals surface area contributed by atoms with Crippen LogP contribution < -0.4 is 0 Å². The summed E-state index contributed by atoms with van der Waals surface area (Å²) < 4.78 is 29.0. The van der Waals surface area contributed by atoms with Gasteiger partial charge in [0.15, 0.2) is 5.79 Å². The Morgan fingerprint density at radius 1 is 1.18 bits per heavy atom. The van der Waals surface area contributed by atoms with Crippen LogP contribution >= 0.6 is 0 Å². The molecule has 1 aromatic rings. The molecule has 1 aliphatic rings. The predicted molar refractivity (Wildman–Crippen MR) is 103 cm³/mol. The van der Waals surface area contributed by atoms with Crippen LogP contribution in [-0.4, -0.2) is 68.5 Å². The van der Waals surface area contributed by atoms with Crippen LogP contribution in [0.4, 0.5) is 0 Å². The van der Waals surface area contributed by atoms with Gasteiger partial charge in [-0.3, -0.25) is 0 Å². The average Bonchev–Trinajstić information content (AvgIpc) is 2.72. The van der Waals surface area contributed by atoms with E-state index >= 15 is 0 Å². The Kier molecular flexibility index (Phi) is 9.30. The molecule has 0 aliphatic carbocycles. The van der Waals surface area contributed by atoms with Crippen LogP contribution in [0.2, 0.25) is 0 Å². The van der Waals surface area contributed by atoms with Crippen LogP contribution in [0.25, 0.3) is 0 Å².